The highest BCUT2D eigenvalue weighted by Crippen LogP contribution is 2.29. The van der Waals surface area contributed by atoms with Crippen LogP contribution in [0.3, 0.4) is 0 Å². The molecule has 0 saturated heterocycles. The lowest BCUT2D eigenvalue weighted by atomic mass is 10.2. The van der Waals surface area contributed by atoms with Gasteiger partial charge in [0.05, 0.1) is 16.8 Å². The van der Waals surface area contributed by atoms with E-state index in [9.17, 15) is 4.79 Å². The number of fused-ring (bicyclic) bond motifs is 2. The molecule has 4 heterocycles. The SMILES string of the molecule is Cc1cc(NC(=O)n2ccc3cc(Oc4ncnc5c4CNC5)ccc32)no1. The van der Waals surface area contributed by atoms with Crippen LogP contribution < -0.4 is 15.4 Å². The van der Waals surface area contributed by atoms with E-state index < -0.39 is 0 Å². The van der Waals surface area contributed by atoms with Gasteiger partial charge in [-0.1, -0.05) is 5.16 Å². The zero-order chi connectivity index (χ0) is 19.1. The number of carbonyl (C=O) groups excluding carboxylic acids is 1. The summed E-state index contributed by atoms with van der Waals surface area (Å²) < 4.78 is 12.5. The number of aryl methyl sites for hydroxylation is 1. The Balaban J connectivity index is 1.41. The summed E-state index contributed by atoms with van der Waals surface area (Å²) in [4.78, 5) is 21.0. The maximum Gasteiger partial charge on any atom is 0.331 e. The monoisotopic (exact) mass is 376 g/mol. The predicted molar refractivity (Wildman–Crippen MR) is 100 cm³/mol. The zero-order valence-corrected chi connectivity index (χ0v) is 15.0. The van der Waals surface area contributed by atoms with Gasteiger partial charge in [-0.3, -0.25) is 9.88 Å². The second-order valence-corrected chi connectivity index (χ2v) is 6.47. The average Bonchev–Trinajstić information content (AvgIpc) is 3.41. The van der Waals surface area contributed by atoms with E-state index in [-0.39, 0.29) is 6.03 Å². The molecule has 3 aromatic heterocycles. The summed E-state index contributed by atoms with van der Waals surface area (Å²) in [5.74, 6) is 2.19. The molecule has 28 heavy (non-hydrogen) atoms. The maximum atomic E-state index is 12.5. The number of nitrogens with zero attached hydrogens (tertiary/aromatic N) is 4. The molecular formula is C19H16N6O3. The second-order valence-electron chi connectivity index (χ2n) is 6.47. The van der Waals surface area contributed by atoms with Gasteiger partial charge in [0.15, 0.2) is 5.82 Å². The van der Waals surface area contributed by atoms with Crippen LogP contribution in [-0.4, -0.2) is 25.7 Å². The van der Waals surface area contributed by atoms with Crippen molar-refractivity contribution in [2.24, 2.45) is 0 Å². The van der Waals surface area contributed by atoms with E-state index in [2.05, 4.69) is 25.8 Å². The fourth-order valence-corrected chi connectivity index (χ4v) is 3.22. The Hall–Kier alpha value is -3.72. The van der Waals surface area contributed by atoms with E-state index in [0.717, 1.165) is 28.7 Å². The van der Waals surface area contributed by atoms with Crippen LogP contribution in [0.4, 0.5) is 10.6 Å². The number of carbonyl (C=O) groups is 1. The average molecular weight is 376 g/mol. The first-order valence-electron chi connectivity index (χ1n) is 8.74. The molecule has 1 aliphatic heterocycles. The third kappa shape index (κ3) is 2.87. The van der Waals surface area contributed by atoms with Crippen molar-refractivity contribution < 1.29 is 14.1 Å². The van der Waals surface area contributed by atoms with Crippen molar-refractivity contribution in [1.29, 1.82) is 0 Å². The van der Waals surface area contributed by atoms with Crippen LogP contribution in [0.15, 0.2) is 47.4 Å². The Morgan fingerprint density at radius 3 is 3.04 bits per heavy atom. The molecule has 4 aromatic rings. The van der Waals surface area contributed by atoms with Crippen molar-refractivity contribution in [3.63, 3.8) is 0 Å². The molecule has 9 heteroatoms. The van der Waals surface area contributed by atoms with Crippen molar-refractivity contribution >= 4 is 22.8 Å². The van der Waals surface area contributed by atoms with Gasteiger partial charge in [0.2, 0.25) is 5.88 Å². The van der Waals surface area contributed by atoms with Crippen molar-refractivity contribution in [1.82, 2.24) is 25.0 Å². The van der Waals surface area contributed by atoms with E-state index in [1.54, 1.807) is 19.2 Å². The Bertz CT molecular complexity index is 1200. The molecule has 0 unspecified atom stereocenters. The lowest BCUT2D eigenvalue weighted by Gasteiger charge is -2.09. The highest BCUT2D eigenvalue weighted by molar-refractivity contribution is 5.98. The van der Waals surface area contributed by atoms with Gasteiger partial charge >= 0.3 is 6.03 Å². The number of hydrogen-bond donors (Lipinski definition) is 2. The van der Waals surface area contributed by atoms with Gasteiger partial charge in [0, 0.05) is 30.7 Å². The van der Waals surface area contributed by atoms with Crippen molar-refractivity contribution in [3.05, 3.63) is 59.9 Å². The molecule has 2 N–H and O–H groups in total. The molecule has 1 amide bonds. The first kappa shape index (κ1) is 16.5. The molecule has 0 atom stereocenters. The van der Waals surface area contributed by atoms with Crippen LogP contribution in [0.1, 0.15) is 17.0 Å². The van der Waals surface area contributed by atoms with Crippen molar-refractivity contribution in [2.75, 3.05) is 5.32 Å². The van der Waals surface area contributed by atoms with Gasteiger partial charge in [-0.25, -0.2) is 14.8 Å². The summed E-state index contributed by atoms with van der Waals surface area (Å²) in [5.41, 5.74) is 2.68. The van der Waals surface area contributed by atoms with Crippen LogP contribution >= 0.6 is 0 Å². The Morgan fingerprint density at radius 2 is 2.18 bits per heavy atom. The summed E-state index contributed by atoms with van der Waals surface area (Å²) in [6.07, 6.45) is 3.20. The number of rotatable bonds is 3. The normalized spacial score (nSPS) is 12.9. The quantitative estimate of drug-likeness (QED) is 0.565. The third-order valence-electron chi connectivity index (χ3n) is 4.55. The Morgan fingerprint density at radius 1 is 1.25 bits per heavy atom. The van der Waals surface area contributed by atoms with E-state index in [1.807, 2.05) is 24.3 Å². The maximum absolute atomic E-state index is 12.5. The standard InChI is InChI=1S/C19H16N6O3/c1-11-6-17(24-28-11)23-19(26)25-5-4-12-7-13(2-3-16(12)25)27-18-14-8-20-9-15(14)21-10-22-18/h2-7,10,20H,8-9H2,1H3,(H,23,24,26). The molecule has 1 aliphatic rings. The molecule has 1 aromatic carbocycles. The second kappa shape index (κ2) is 6.46. The highest BCUT2D eigenvalue weighted by atomic mass is 16.5. The molecule has 0 fully saturated rings. The lowest BCUT2D eigenvalue weighted by molar-refractivity contribution is 0.254. The fourth-order valence-electron chi connectivity index (χ4n) is 3.22. The van der Waals surface area contributed by atoms with Crippen LogP contribution in [0.25, 0.3) is 10.9 Å². The minimum Gasteiger partial charge on any atom is -0.439 e. The molecule has 0 spiro atoms. The van der Waals surface area contributed by atoms with Gasteiger partial charge in [0.1, 0.15) is 17.8 Å². The number of amides is 1. The number of ether oxygens (including phenoxy) is 1. The molecule has 0 saturated carbocycles. The minimum atomic E-state index is -0.323. The predicted octanol–water partition coefficient (Wildman–Crippen LogP) is 3.20. The lowest BCUT2D eigenvalue weighted by Crippen LogP contribution is -2.18. The van der Waals surface area contributed by atoms with Gasteiger partial charge in [-0.05, 0) is 31.2 Å². The number of anilines is 1. The minimum absolute atomic E-state index is 0.323. The topological polar surface area (TPSA) is 107 Å². The van der Waals surface area contributed by atoms with Crippen LogP contribution in [0.5, 0.6) is 11.6 Å². The number of nitrogens with one attached hydrogen (secondary N) is 2. The summed E-state index contributed by atoms with van der Waals surface area (Å²) in [6, 6.07) is 8.70. The number of hydrogen-bond acceptors (Lipinski definition) is 7. The smallest absolute Gasteiger partial charge is 0.331 e. The third-order valence-corrected chi connectivity index (χ3v) is 4.55. The first-order chi connectivity index (χ1) is 13.7. The van der Waals surface area contributed by atoms with Gasteiger partial charge in [-0.2, -0.15) is 0 Å². The van der Waals surface area contributed by atoms with Gasteiger partial charge in [-0.15, -0.1) is 0 Å². The fraction of sp³-hybridized carbons (Fsp3) is 0.158. The van der Waals surface area contributed by atoms with Gasteiger partial charge < -0.3 is 14.6 Å². The molecule has 9 nitrogen and oxygen atoms in total. The highest BCUT2D eigenvalue weighted by Gasteiger charge is 2.18. The number of aromatic nitrogens is 4. The van der Waals surface area contributed by atoms with Crippen LogP contribution in [0, 0.1) is 6.92 Å². The largest absolute Gasteiger partial charge is 0.439 e. The van der Waals surface area contributed by atoms with Crippen LogP contribution in [0.2, 0.25) is 0 Å². The van der Waals surface area contributed by atoms with Gasteiger partial charge in [0.25, 0.3) is 0 Å². The van der Waals surface area contributed by atoms with E-state index in [1.165, 1.54) is 10.9 Å². The van der Waals surface area contributed by atoms with Crippen molar-refractivity contribution in [2.45, 2.75) is 20.0 Å². The summed E-state index contributed by atoms with van der Waals surface area (Å²) in [5, 5.41) is 10.6. The van der Waals surface area contributed by atoms with Crippen LogP contribution in [-0.2, 0) is 13.1 Å². The Kier molecular flexibility index (Phi) is 3.80. The molecule has 0 bridgehead atoms. The Labute approximate surface area is 159 Å². The first-order valence-corrected chi connectivity index (χ1v) is 8.74. The van der Waals surface area contributed by atoms with E-state index in [0.29, 0.717) is 29.8 Å². The molecule has 0 aliphatic carbocycles. The summed E-state index contributed by atoms with van der Waals surface area (Å²) >= 11 is 0. The van der Waals surface area contributed by atoms with E-state index in [4.69, 9.17) is 9.26 Å². The number of benzene rings is 1. The van der Waals surface area contributed by atoms with Crippen molar-refractivity contribution in [3.8, 4) is 11.6 Å². The summed E-state index contributed by atoms with van der Waals surface area (Å²) in [7, 11) is 0. The molecule has 5 rings (SSSR count). The van der Waals surface area contributed by atoms with E-state index >= 15 is 0 Å². The molecular weight excluding hydrogens is 360 g/mol. The summed E-state index contributed by atoms with van der Waals surface area (Å²) in [6.45, 7) is 3.17. The zero-order valence-electron chi connectivity index (χ0n) is 15.0. The molecule has 140 valence electrons. The molecule has 0 radical (unpaired) electrons.